The summed E-state index contributed by atoms with van der Waals surface area (Å²) in [6.07, 6.45) is 3.24. The van der Waals surface area contributed by atoms with Crippen LogP contribution in [0.2, 0.25) is 0 Å². The van der Waals surface area contributed by atoms with Gasteiger partial charge in [-0.3, -0.25) is 9.59 Å². The smallest absolute Gasteiger partial charge is 0.305 e. The molecular formula is C11H20N2O3. The number of rotatable bonds is 5. The summed E-state index contributed by atoms with van der Waals surface area (Å²) in [5, 5.41) is 11.2. The summed E-state index contributed by atoms with van der Waals surface area (Å²) in [5.41, 5.74) is 5.44. The molecule has 3 atom stereocenters. The fourth-order valence-electron chi connectivity index (χ4n) is 2.17. The Hall–Kier alpha value is -1.10. The summed E-state index contributed by atoms with van der Waals surface area (Å²) in [7, 11) is 0. The van der Waals surface area contributed by atoms with Crippen LogP contribution < -0.4 is 11.1 Å². The Kier molecular flexibility index (Phi) is 4.73. The molecule has 1 amide bonds. The van der Waals surface area contributed by atoms with E-state index in [1.165, 1.54) is 12.8 Å². The predicted molar refractivity (Wildman–Crippen MR) is 59.7 cm³/mol. The molecule has 92 valence electrons. The van der Waals surface area contributed by atoms with Gasteiger partial charge in [-0.25, -0.2) is 0 Å². The zero-order valence-corrected chi connectivity index (χ0v) is 9.61. The third-order valence-electron chi connectivity index (χ3n) is 3.31. The number of hydrogen-bond acceptors (Lipinski definition) is 3. The maximum absolute atomic E-state index is 11.4. The van der Waals surface area contributed by atoms with Crippen molar-refractivity contribution in [3.05, 3.63) is 0 Å². The summed E-state index contributed by atoms with van der Waals surface area (Å²) in [4.78, 5) is 21.8. The van der Waals surface area contributed by atoms with E-state index in [1.54, 1.807) is 0 Å². The first-order valence-electron chi connectivity index (χ1n) is 5.75. The largest absolute Gasteiger partial charge is 0.481 e. The third-order valence-corrected chi connectivity index (χ3v) is 3.31. The topological polar surface area (TPSA) is 92.4 Å². The molecule has 0 aromatic carbocycles. The number of carboxylic acids is 1. The lowest BCUT2D eigenvalue weighted by Crippen LogP contribution is -2.43. The quantitative estimate of drug-likeness (QED) is 0.632. The van der Waals surface area contributed by atoms with Gasteiger partial charge >= 0.3 is 5.97 Å². The first kappa shape index (κ1) is 13.0. The van der Waals surface area contributed by atoms with Crippen molar-refractivity contribution in [2.75, 3.05) is 6.54 Å². The van der Waals surface area contributed by atoms with Crippen molar-refractivity contribution < 1.29 is 14.7 Å². The zero-order valence-electron chi connectivity index (χ0n) is 9.61. The summed E-state index contributed by atoms with van der Waals surface area (Å²) in [6, 6.07) is -0.936. The molecule has 1 aliphatic rings. The summed E-state index contributed by atoms with van der Waals surface area (Å²) >= 11 is 0. The molecule has 5 heteroatoms. The molecule has 1 aliphatic carbocycles. The summed E-state index contributed by atoms with van der Waals surface area (Å²) < 4.78 is 0. The van der Waals surface area contributed by atoms with Crippen LogP contribution in [0.3, 0.4) is 0 Å². The molecule has 0 heterocycles. The Morgan fingerprint density at radius 3 is 2.69 bits per heavy atom. The van der Waals surface area contributed by atoms with Gasteiger partial charge in [-0.2, -0.15) is 0 Å². The zero-order chi connectivity index (χ0) is 12.1. The third kappa shape index (κ3) is 3.81. The average molecular weight is 228 g/mol. The van der Waals surface area contributed by atoms with Gasteiger partial charge in [0.25, 0.3) is 0 Å². The first-order valence-corrected chi connectivity index (χ1v) is 5.75. The second kappa shape index (κ2) is 5.84. The Bertz CT molecular complexity index is 268. The van der Waals surface area contributed by atoms with Crippen LogP contribution >= 0.6 is 0 Å². The van der Waals surface area contributed by atoms with E-state index in [-0.39, 0.29) is 12.3 Å². The fourth-order valence-corrected chi connectivity index (χ4v) is 2.17. The van der Waals surface area contributed by atoms with Gasteiger partial charge < -0.3 is 16.2 Å². The second-order valence-electron chi connectivity index (χ2n) is 4.62. The van der Waals surface area contributed by atoms with Gasteiger partial charge in [0.05, 0.1) is 12.5 Å². The SMILES string of the molecule is CC1CCCC1CNC(=O)C(N)CC(=O)O. The minimum absolute atomic E-state index is 0.313. The van der Waals surface area contributed by atoms with E-state index in [4.69, 9.17) is 10.8 Å². The number of aliphatic carboxylic acids is 1. The lowest BCUT2D eigenvalue weighted by molar-refractivity contribution is -0.139. The first-order chi connectivity index (χ1) is 7.50. The van der Waals surface area contributed by atoms with E-state index in [0.29, 0.717) is 18.4 Å². The maximum atomic E-state index is 11.4. The van der Waals surface area contributed by atoms with Crippen LogP contribution in [-0.4, -0.2) is 29.6 Å². The average Bonchev–Trinajstić information content (AvgIpc) is 2.59. The van der Waals surface area contributed by atoms with Crippen LogP contribution in [0.15, 0.2) is 0 Å². The van der Waals surface area contributed by atoms with Gasteiger partial charge in [0, 0.05) is 6.54 Å². The van der Waals surface area contributed by atoms with E-state index < -0.39 is 12.0 Å². The van der Waals surface area contributed by atoms with Gasteiger partial charge in [0.1, 0.15) is 0 Å². The molecule has 3 unspecified atom stereocenters. The summed E-state index contributed by atoms with van der Waals surface area (Å²) in [6.45, 7) is 2.80. The number of carbonyl (C=O) groups is 2. The van der Waals surface area contributed by atoms with E-state index in [9.17, 15) is 9.59 Å². The van der Waals surface area contributed by atoms with Crippen LogP contribution in [0.4, 0.5) is 0 Å². The van der Waals surface area contributed by atoms with Gasteiger partial charge in [0.2, 0.25) is 5.91 Å². The highest BCUT2D eigenvalue weighted by Crippen LogP contribution is 2.30. The van der Waals surface area contributed by atoms with Crippen molar-refractivity contribution in [2.24, 2.45) is 17.6 Å². The Balaban J connectivity index is 2.26. The van der Waals surface area contributed by atoms with Gasteiger partial charge in [-0.15, -0.1) is 0 Å². The molecule has 16 heavy (non-hydrogen) atoms. The molecule has 1 saturated carbocycles. The van der Waals surface area contributed by atoms with Crippen molar-refractivity contribution in [2.45, 2.75) is 38.6 Å². The van der Waals surface area contributed by atoms with E-state index in [1.807, 2.05) is 0 Å². The molecule has 0 bridgehead atoms. The normalized spacial score (nSPS) is 26.4. The van der Waals surface area contributed by atoms with E-state index >= 15 is 0 Å². The fraction of sp³-hybridized carbons (Fsp3) is 0.818. The molecule has 1 rings (SSSR count). The number of nitrogens with one attached hydrogen (secondary N) is 1. The van der Waals surface area contributed by atoms with Crippen molar-refractivity contribution in [3.63, 3.8) is 0 Å². The molecule has 1 fully saturated rings. The molecule has 0 aromatic heterocycles. The van der Waals surface area contributed by atoms with Crippen LogP contribution in [0.5, 0.6) is 0 Å². The molecule has 0 spiro atoms. The van der Waals surface area contributed by atoms with Crippen LogP contribution in [0.25, 0.3) is 0 Å². The molecule has 0 aromatic rings. The highest BCUT2D eigenvalue weighted by molar-refractivity contribution is 5.85. The van der Waals surface area contributed by atoms with Gasteiger partial charge in [0.15, 0.2) is 0 Å². The molecule has 0 saturated heterocycles. The minimum atomic E-state index is -1.04. The minimum Gasteiger partial charge on any atom is -0.481 e. The second-order valence-corrected chi connectivity index (χ2v) is 4.62. The van der Waals surface area contributed by atoms with Crippen molar-refractivity contribution in [1.29, 1.82) is 0 Å². The van der Waals surface area contributed by atoms with Gasteiger partial charge in [-0.05, 0) is 18.3 Å². The van der Waals surface area contributed by atoms with Gasteiger partial charge in [-0.1, -0.05) is 19.8 Å². The van der Waals surface area contributed by atoms with Crippen molar-refractivity contribution in [3.8, 4) is 0 Å². The Morgan fingerprint density at radius 2 is 2.19 bits per heavy atom. The molecule has 5 nitrogen and oxygen atoms in total. The van der Waals surface area contributed by atoms with Crippen LogP contribution in [0, 0.1) is 11.8 Å². The number of amides is 1. The number of nitrogens with two attached hydrogens (primary N) is 1. The molecule has 0 radical (unpaired) electrons. The lowest BCUT2D eigenvalue weighted by Gasteiger charge is -2.17. The summed E-state index contributed by atoms with van der Waals surface area (Å²) in [5.74, 6) is -0.254. The highest BCUT2D eigenvalue weighted by Gasteiger charge is 2.24. The highest BCUT2D eigenvalue weighted by atomic mass is 16.4. The monoisotopic (exact) mass is 228 g/mol. The predicted octanol–water partition coefficient (Wildman–Crippen LogP) is 0.341. The number of hydrogen-bond donors (Lipinski definition) is 3. The van der Waals surface area contributed by atoms with E-state index in [2.05, 4.69) is 12.2 Å². The standard InChI is InChI=1S/C11H20N2O3/c1-7-3-2-4-8(7)6-13-11(16)9(12)5-10(14)15/h7-9H,2-6,12H2,1H3,(H,13,16)(H,14,15). The maximum Gasteiger partial charge on any atom is 0.305 e. The molecule has 4 N–H and O–H groups in total. The Labute approximate surface area is 95.4 Å². The van der Waals surface area contributed by atoms with E-state index in [0.717, 1.165) is 6.42 Å². The molecular weight excluding hydrogens is 208 g/mol. The number of carboxylic acid groups (broad SMARTS) is 1. The Morgan fingerprint density at radius 1 is 1.50 bits per heavy atom. The molecule has 0 aliphatic heterocycles. The van der Waals surface area contributed by atoms with Crippen molar-refractivity contribution in [1.82, 2.24) is 5.32 Å². The van der Waals surface area contributed by atoms with Crippen molar-refractivity contribution >= 4 is 11.9 Å². The number of carbonyl (C=O) groups excluding carboxylic acids is 1. The van der Waals surface area contributed by atoms with Crippen LogP contribution in [0.1, 0.15) is 32.6 Å². The lowest BCUT2D eigenvalue weighted by atomic mass is 9.98. The van der Waals surface area contributed by atoms with Crippen LogP contribution in [-0.2, 0) is 9.59 Å².